The number of halogens is 2. The Bertz CT molecular complexity index is 622. The number of benzene rings is 1. The van der Waals surface area contributed by atoms with E-state index in [1.165, 1.54) is 5.56 Å². The molecular formula is C15H19BrClN3. The zero-order chi connectivity index (χ0) is 14.9. The maximum atomic E-state index is 6.38. The molecule has 2 N–H and O–H groups in total. The van der Waals surface area contributed by atoms with Gasteiger partial charge in [-0.3, -0.25) is 4.68 Å². The van der Waals surface area contributed by atoms with Crippen molar-refractivity contribution >= 4 is 27.5 Å². The van der Waals surface area contributed by atoms with Crippen LogP contribution in [0.3, 0.4) is 0 Å². The molecule has 0 fully saturated rings. The summed E-state index contributed by atoms with van der Waals surface area (Å²) in [4.78, 5) is 0. The molecule has 0 bridgehead atoms. The van der Waals surface area contributed by atoms with Gasteiger partial charge < -0.3 is 5.73 Å². The number of aromatic nitrogens is 2. The SMILES string of the molecule is CCc1nn(C)c(CC(N)c2ccc(C)cc2Br)c1Cl. The fourth-order valence-electron chi connectivity index (χ4n) is 2.29. The molecule has 1 unspecified atom stereocenters. The summed E-state index contributed by atoms with van der Waals surface area (Å²) in [6, 6.07) is 6.11. The van der Waals surface area contributed by atoms with Gasteiger partial charge in [-0.05, 0) is 30.5 Å². The monoisotopic (exact) mass is 355 g/mol. The van der Waals surface area contributed by atoms with Crippen LogP contribution in [-0.4, -0.2) is 9.78 Å². The van der Waals surface area contributed by atoms with Crippen molar-refractivity contribution in [2.45, 2.75) is 32.7 Å². The van der Waals surface area contributed by atoms with Crippen molar-refractivity contribution in [1.82, 2.24) is 9.78 Å². The largest absolute Gasteiger partial charge is 0.324 e. The zero-order valence-electron chi connectivity index (χ0n) is 12.0. The topological polar surface area (TPSA) is 43.8 Å². The average molecular weight is 357 g/mol. The molecule has 5 heteroatoms. The Morgan fingerprint density at radius 1 is 1.45 bits per heavy atom. The molecule has 1 atom stereocenters. The summed E-state index contributed by atoms with van der Waals surface area (Å²) >= 11 is 9.96. The minimum absolute atomic E-state index is 0.109. The van der Waals surface area contributed by atoms with Gasteiger partial charge in [0, 0.05) is 24.0 Å². The van der Waals surface area contributed by atoms with Crippen molar-refractivity contribution < 1.29 is 0 Å². The summed E-state index contributed by atoms with van der Waals surface area (Å²) in [7, 11) is 1.91. The minimum Gasteiger partial charge on any atom is -0.324 e. The van der Waals surface area contributed by atoms with Gasteiger partial charge >= 0.3 is 0 Å². The van der Waals surface area contributed by atoms with Crippen molar-refractivity contribution in [3.63, 3.8) is 0 Å². The summed E-state index contributed by atoms with van der Waals surface area (Å²) in [5, 5.41) is 5.17. The Hall–Kier alpha value is -0.840. The predicted molar refractivity (Wildman–Crippen MR) is 87.1 cm³/mol. The van der Waals surface area contributed by atoms with E-state index in [2.05, 4.69) is 53.1 Å². The maximum Gasteiger partial charge on any atom is 0.0850 e. The van der Waals surface area contributed by atoms with E-state index in [9.17, 15) is 0 Å². The third kappa shape index (κ3) is 3.08. The van der Waals surface area contributed by atoms with Crippen molar-refractivity contribution in [2.24, 2.45) is 12.8 Å². The van der Waals surface area contributed by atoms with Gasteiger partial charge in [0.15, 0.2) is 0 Å². The minimum atomic E-state index is -0.109. The molecule has 20 heavy (non-hydrogen) atoms. The molecule has 0 aliphatic heterocycles. The lowest BCUT2D eigenvalue weighted by molar-refractivity contribution is 0.636. The summed E-state index contributed by atoms with van der Waals surface area (Å²) in [6.07, 6.45) is 1.50. The molecule has 1 heterocycles. The number of nitrogens with zero attached hydrogens (tertiary/aromatic N) is 2. The van der Waals surface area contributed by atoms with Crippen molar-refractivity contribution in [1.29, 1.82) is 0 Å². The average Bonchev–Trinajstić information content (AvgIpc) is 2.66. The van der Waals surface area contributed by atoms with Crippen molar-refractivity contribution in [3.8, 4) is 0 Å². The molecular weight excluding hydrogens is 338 g/mol. The molecule has 2 rings (SSSR count). The Morgan fingerprint density at radius 2 is 2.15 bits per heavy atom. The normalized spacial score (nSPS) is 12.7. The number of hydrogen-bond acceptors (Lipinski definition) is 2. The van der Waals surface area contributed by atoms with Gasteiger partial charge in [0.25, 0.3) is 0 Å². The molecule has 1 aromatic heterocycles. The van der Waals surface area contributed by atoms with Crippen LogP contribution in [0.1, 0.15) is 35.5 Å². The Labute approximate surface area is 133 Å². The molecule has 1 aromatic carbocycles. The van der Waals surface area contributed by atoms with Crippen LogP contribution < -0.4 is 5.73 Å². The zero-order valence-corrected chi connectivity index (χ0v) is 14.3. The highest BCUT2D eigenvalue weighted by Crippen LogP contribution is 2.29. The second-order valence-electron chi connectivity index (χ2n) is 5.02. The summed E-state index contributed by atoms with van der Waals surface area (Å²) < 4.78 is 2.88. The van der Waals surface area contributed by atoms with Gasteiger partial charge in [-0.2, -0.15) is 5.10 Å². The molecule has 2 aromatic rings. The van der Waals surface area contributed by atoms with Gasteiger partial charge in [-0.1, -0.05) is 46.6 Å². The Kier molecular flexibility index (Phi) is 4.89. The van der Waals surface area contributed by atoms with Crippen LogP contribution in [0.15, 0.2) is 22.7 Å². The van der Waals surface area contributed by atoms with Gasteiger partial charge in [0.05, 0.1) is 16.4 Å². The lowest BCUT2D eigenvalue weighted by atomic mass is 10.0. The van der Waals surface area contributed by atoms with E-state index in [-0.39, 0.29) is 6.04 Å². The smallest absolute Gasteiger partial charge is 0.0850 e. The lowest BCUT2D eigenvalue weighted by Crippen LogP contribution is -2.16. The van der Waals surface area contributed by atoms with E-state index >= 15 is 0 Å². The molecule has 108 valence electrons. The molecule has 0 saturated carbocycles. The fraction of sp³-hybridized carbons (Fsp3) is 0.400. The van der Waals surface area contributed by atoms with Crippen LogP contribution in [0, 0.1) is 6.92 Å². The molecule has 3 nitrogen and oxygen atoms in total. The molecule has 0 amide bonds. The molecule has 0 aliphatic rings. The Morgan fingerprint density at radius 3 is 2.70 bits per heavy atom. The van der Waals surface area contributed by atoms with Crippen molar-refractivity contribution in [3.05, 3.63) is 50.2 Å². The van der Waals surface area contributed by atoms with Crippen LogP contribution in [0.4, 0.5) is 0 Å². The first kappa shape index (κ1) is 15.5. The molecule has 0 radical (unpaired) electrons. The third-order valence-corrected chi connectivity index (χ3v) is 4.59. The van der Waals surface area contributed by atoms with Gasteiger partial charge in [-0.15, -0.1) is 0 Å². The van der Waals surface area contributed by atoms with E-state index in [0.29, 0.717) is 6.42 Å². The first-order chi connectivity index (χ1) is 9.43. The summed E-state index contributed by atoms with van der Waals surface area (Å²) in [5.74, 6) is 0. The second kappa shape index (κ2) is 6.29. The van der Waals surface area contributed by atoms with Crippen molar-refractivity contribution in [2.75, 3.05) is 0 Å². The van der Waals surface area contributed by atoms with Crippen LogP contribution in [0.5, 0.6) is 0 Å². The molecule has 0 saturated heterocycles. The predicted octanol–water partition coefficient (Wildman–Crippen LogP) is 3.95. The molecule has 0 aliphatic carbocycles. The number of aryl methyl sites for hydroxylation is 3. The van der Waals surface area contributed by atoms with Gasteiger partial charge in [-0.25, -0.2) is 0 Å². The van der Waals surface area contributed by atoms with E-state index in [4.69, 9.17) is 17.3 Å². The number of hydrogen-bond donors (Lipinski definition) is 1. The standard InChI is InChI=1S/C15H19BrClN3/c1-4-13-15(17)14(20(3)19-13)8-12(18)10-6-5-9(2)7-11(10)16/h5-7,12H,4,8,18H2,1-3H3. The van der Waals surface area contributed by atoms with E-state index in [0.717, 1.165) is 32.9 Å². The quantitative estimate of drug-likeness (QED) is 0.901. The molecule has 0 spiro atoms. The lowest BCUT2D eigenvalue weighted by Gasteiger charge is -2.15. The maximum absolute atomic E-state index is 6.38. The number of rotatable bonds is 4. The number of nitrogens with two attached hydrogens (primary N) is 1. The summed E-state index contributed by atoms with van der Waals surface area (Å²) in [5.41, 5.74) is 10.6. The van der Waals surface area contributed by atoms with Crippen LogP contribution in [-0.2, 0) is 19.9 Å². The van der Waals surface area contributed by atoms with Crippen LogP contribution in [0.25, 0.3) is 0 Å². The first-order valence-electron chi connectivity index (χ1n) is 6.65. The van der Waals surface area contributed by atoms with E-state index in [1.54, 1.807) is 0 Å². The highest BCUT2D eigenvalue weighted by Gasteiger charge is 2.18. The van der Waals surface area contributed by atoms with Gasteiger partial charge in [0.1, 0.15) is 0 Å². The highest BCUT2D eigenvalue weighted by molar-refractivity contribution is 9.10. The first-order valence-corrected chi connectivity index (χ1v) is 7.83. The third-order valence-electron chi connectivity index (χ3n) is 3.47. The van der Waals surface area contributed by atoms with E-state index in [1.807, 2.05) is 11.7 Å². The van der Waals surface area contributed by atoms with Crippen LogP contribution in [0.2, 0.25) is 5.02 Å². The second-order valence-corrected chi connectivity index (χ2v) is 6.25. The van der Waals surface area contributed by atoms with E-state index < -0.39 is 0 Å². The highest BCUT2D eigenvalue weighted by atomic mass is 79.9. The van der Waals surface area contributed by atoms with Gasteiger partial charge in [0.2, 0.25) is 0 Å². The Balaban J connectivity index is 2.27. The van der Waals surface area contributed by atoms with Crippen LogP contribution >= 0.6 is 27.5 Å². The fourth-order valence-corrected chi connectivity index (χ4v) is 3.45. The summed E-state index contributed by atoms with van der Waals surface area (Å²) in [6.45, 7) is 4.11.